The Morgan fingerprint density at radius 3 is 1.36 bits per heavy atom. The van der Waals surface area contributed by atoms with E-state index >= 15 is 0 Å². The predicted molar refractivity (Wildman–Crippen MR) is 145 cm³/mol. The monoisotopic (exact) mass is 502 g/mol. The average Bonchev–Trinajstić information content (AvgIpc) is 2.69. The van der Waals surface area contributed by atoms with Crippen LogP contribution in [0.2, 0.25) is 24.2 Å². The molecule has 8 heteroatoms. The lowest BCUT2D eigenvalue weighted by Gasteiger charge is -2.18. The number of hydrogen-bond acceptors (Lipinski definition) is 6. The van der Waals surface area contributed by atoms with Gasteiger partial charge in [0.1, 0.15) is 0 Å². The van der Waals surface area contributed by atoms with Gasteiger partial charge in [-0.05, 0) is 70.5 Å². The molecule has 0 aromatic carbocycles. The second-order valence-corrected chi connectivity index (χ2v) is 19.7. The number of rotatable bonds is 21. The first kappa shape index (κ1) is 29.8. The highest BCUT2D eigenvalue weighted by molar-refractivity contribution is 9.26. The molecule has 2 nitrogen and oxygen atoms in total. The molecule has 0 rings (SSSR count). The van der Waals surface area contributed by atoms with Gasteiger partial charge < -0.3 is 8.85 Å². The van der Waals surface area contributed by atoms with E-state index in [0.29, 0.717) is 0 Å². The predicted octanol–water partition coefficient (Wildman–Crippen LogP) is 8.34. The second kappa shape index (κ2) is 22.0. The lowest BCUT2D eigenvalue weighted by Crippen LogP contribution is -2.19. The van der Waals surface area contributed by atoms with E-state index in [9.17, 15) is 0 Å². The van der Waals surface area contributed by atoms with E-state index in [2.05, 4.69) is 63.1 Å². The van der Waals surface area contributed by atoms with Gasteiger partial charge in [-0.1, -0.05) is 75.0 Å². The summed E-state index contributed by atoms with van der Waals surface area (Å²) in [5.41, 5.74) is 0. The van der Waals surface area contributed by atoms with Gasteiger partial charge in [0.2, 0.25) is 0 Å². The van der Waals surface area contributed by atoms with Gasteiger partial charge in [-0.15, -0.1) is 0 Å². The van der Waals surface area contributed by atoms with Gasteiger partial charge in [-0.25, -0.2) is 0 Å². The van der Waals surface area contributed by atoms with Crippen LogP contribution in [0.25, 0.3) is 0 Å². The molecule has 0 saturated heterocycles. The van der Waals surface area contributed by atoms with Gasteiger partial charge >= 0.3 is 0 Å². The Balaban J connectivity index is 3.82. The van der Waals surface area contributed by atoms with Crippen LogP contribution in [0.5, 0.6) is 0 Å². The van der Waals surface area contributed by atoms with Crippen LogP contribution in [0.4, 0.5) is 0 Å². The highest BCUT2D eigenvalue weighted by Gasteiger charge is 2.15. The van der Waals surface area contributed by atoms with Crippen LogP contribution in [-0.4, -0.2) is 41.8 Å². The van der Waals surface area contributed by atoms with Gasteiger partial charge in [-0.3, -0.25) is 0 Å². The van der Waals surface area contributed by atoms with E-state index in [-0.39, 0.29) is 0 Å². The topological polar surface area (TPSA) is 18.5 Å². The van der Waals surface area contributed by atoms with Crippen LogP contribution < -0.4 is 0 Å². The molecule has 0 radical (unpaired) electrons. The molecule has 0 N–H and O–H groups in total. The summed E-state index contributed by atoms with van der Waals surface area (Å²) >= 11 is 0. The third-order valence-corrected chi connectivity index (χ3v) is 17.8. The molecule has 0 aliphatic heterocycles. The molecule has 4 unspecified atom stereocenters. The minimum absolute atomic E-state index is 0.731. The third kappa shape index (κ3) is 18.5. The Morgan fingerprint density at radius 1 is 0.643 bits per heavy atom. The Labute approximate surface area is 195 Å². The number of hydrogen-bond donors (Lipinski definition) is 0. The largest absolute Gasteiger partial charge is 0.420 e. The first-order chi connectivity index (χ1) is 13.6. The quantitative estimate of drug-likeness (QED) is 0.0885. The van der Waals surface area contributed by atoms with Crippen molar-refractivity contribution >= 4 is 59.3 Å². The van der Waals surface area contributed by atoms with Gasteiger partial charge in [0.15, 0.2) is 18.1 Å². The van der Waals surface area contributed by atoms with Crippen molar-refractivity contribution in [1.29, 1.82) is 0 Å². The Morgan fingerprint density at radius 2 is 1.04 bits per heavy atom. The van der Waals surface area contributed by atoms with Crippen molar-refractivity contribution < 1.29 is 8.85 Å². The minimum Gasteiger partial charge on any atom is -0.420 e. The molecular weight excluding hydrogens is 457 g/mol. The van der Waals surface area contributed by atoms with Crippen molar-refractivity contribution in [3.05, 3.63) is 0 Å². The van der Waals surface area contributed by atoms with E-state index in [4.69, 9.17) is 8.85 Å². The van der Waals surface area contributed by atoms with Crippen LogP contribution in [0, 0.1) is 0 Å². The summed E-state index contributed by atoms with van der Waals surface area (Å²) in [6.07, 6.45) is 7.94. The zero-order valence-electron chi connectivity index (χ0n) is 19.2. The smallest absolute Gasteiger partial charge is 0.176 e. The van der Waals surface area contributed by atoms with E-state index in [1.807, 2.05) is 19.7 Å². The van der Waals surface area contributed by atoms with Crippen molar-refractivity contribution in [3.63, 3.8) is 0 Å². The molecule has 0 saturated carbocycles. The first-order valence-electron chi connectivity index (χ1n) is 11.5. The zero-order chi connectivity index (χ0) is 21.0. The van der Waals surface area contributed by atoms with Crippen LogP contribution in [0.15, 0.2) is 0 Å². The zero-order valence-corrected chi connectivity index (χ0v) is 24.8. The Hall–Kier alpha value is 1.75. The lowest BCUT2D eigenvalue weighted by atomic mass is 10.4. The van der Waals surface area contributed by atoms with Gasteiger partial charge in [0.05, 0.1) is 0 Å². The molecule has 0 aromatic rings. The molecule has 0 heterocycles. The van der Waals surface area contributed by atoms with Crippen molar-refractivity contribution in [2.24, 2.45) is 0 Å². The molecule has 0 aliphatic rings. The van der Waals surface area contributed by atoms with Crippen LogP contribution >= 0.6 is 41.2 Å². The number of unbranched alkanes of at least 4 members (excludes halogenated alkanes) is 2. The van der Waals surface area contributed by atoms with E-state index in [1.54, 1.807) is 0 Å². The fraction of sp³-hybridized carbons (Fsp3) is 1.00. The van der Waals surface area contributed by atoms with E-state index in [0.717, 1.165) is 23.7 Å². The molecule has 0 aliphatic carbocycles. The third-order valence-electron chi connectivity index (χ3n) is 4.79. The fourth-order valence-electron chi connectivity index (χ4n) is 3.06. The molecule has 0 bridgehead atoms. The summed E-state index contributed by atoms with van der Waals surface area (Å²) in [5.74, 6) is 0. The molecular formula is C20H46O2S4Si2. The fourth-order valence-corrected chi connectivity index (χ4v) is 16.3. The van der Waals surface area contributed by atoms with Crippen molar-refractivity contribution in [2.45, 2.75) is 115 Å². The summed E-state index contributed by atoms with van der Waals surface area (Å²) in [4.78, 5) is 0. The molecule has 0 aromatic heterocycles. The lowest BCUT2D eigenvalue weighted by molar-refractivity contribution is 0.338. The Bertz CT molecular complexity index is 301. The van der Waals surface area contributed by atoms with Gasteiger partial charge in [0, 0.05) is 23.7 Å². The normalized spacial score (nSPS) is 16.1. The second-order valence-electron chi connectivity index (χ2n) is 7.54. The maximum absolute atomic E-state index is 6.05. The average molecular weight is 503 g/mol. The standard InChI is InChI=1S/C20H46O2S4Si2/c1-7-11-15-27(21-9-3)17-13-19(5)23-25-26-24-20(6)14-18-28(22-10-4)16-12-8-2/h19-20,27-28H,7-18H2,1-6H3. The summed E-state index contributed by atoms with van der Waals surface area (Å²) in [6, 6.07) is 5.42. The van der Waals surface area contributed by atoms with Gasteiger partial charge in [-0.2, -0.15) is 0 Å². The minimum atomic E-state index is -0.942. The van der Waals surface area contributed by atoms with Crippen molar-refractivity contribution in [1.82, 2.24) is 0 Å². The maximum Gasteiger partial charge on any atom is 0.176 e. The molecule has 0 amide bonds. The van der Waals surface area contributed by atoms with Crippen LogP contribution in [0.3, 0.4) is 0 Å². The van der Waals surface area contributed by atoms with Crippen LogP contribution in [0.1, 0.15) is 80.1 Å². The molecule has 0 spiro atoms. The van der Waals surface area contributed by atoms with E-state index in [1.165, 1.54) is 62.7 Å². The SMILES string of the molecule is CCCC[SiH](CCC(C)SSSSC(C)CC[SiH](CCCC)OCC)OCC. The summed E-state index contributed by atoms with van der Waals surface area (Å²) in [7, 11) is 6.19. The Kier molecular flexibility index (Phi) is 23.3. The van der Waals surface area contributed by atoms with E-state index < -0.39 is 18.1 Å². The molecule has 170 valence electrons. The highest BCUT2D eigenvalue weighted by Crippen LogP contribution is 2.48. The molecule has 4 atom stereocenters. The van der Waals surface area contributed by atoms with Crippen LogP contribution in [-0.2, 0) is 8.85 Å². The van der Waals surface area contributed by atoms with Crippen molar-refractivity contribution in [3.8, 4) is 0 Å². The summed E-state index contributed by atoms with van der Waals surface area (Å²) in [6.45, 7) is 15.5. The summed E-state index contributed by atoms with van der Waals surface area (Å²) in [5, 5.41) is 1.46. The molecule has 28 heavy (non-hydrogen) atoms. The van der Waals surface area contributed by atoms with Crippen molar-refractivity contribution in [2.75, 3.05) is 13.2 Å². The maximum atomic E-state index is 6.05. The molecule has 0 fully saturated rings. The summed E-state index contributed by atoms with van der Waals surface area (Å²) < 4.78 is 12.1. The first-order valence-corrected chi connectivity index (χ1v) is 20.6. The highest BCUT2D eigenvalue weighted by atomic mass is 33.7. The van der Waals surface area contributed by atoms with Gasteiger partial charge in [0.25, 0.3) is 0 Å².